The van der Waals surface area contributed by atoms with Crippen LogP contribution < -0.4 is 5.32 Å². The van der Waals surface area contributed by atoms with Crippen LogP contribution in [0.25, 0.3) is 0 Å². The average Bonchev–Trinajstić information content (AvgIpc) is 2.62. The van der Waals surface area contributed by atoms with E-state index in [0.717, 1.165) is 25.2 Å². The summed E-state index contributed by atoms with van der Waals surface area (Å²) in [6, 6.07) is 2.07. The molecule has 0 bridgehead atoms. The van der Waals surface area contributed by atoms with Gasteiger partial charge in [-0.25, -0.2) is 0 Å². The van der Waals surface area contributed by atoms with Crippen LogP contribution in [0.1, 0.15) is 24.2 Å². The van der Waals surface area contributed by atoms with Crippen LogP contribution in [-0.4, -0.2) is 35.9 Å². The number of methoxy groups -OCH3 is 1. The minimum atomic E-state index is -0.170. The van der Waals surface area contributed by atoms with Gasteiger partial charge in [0.1, 0.15) is 0 Å². The van der Waals surface area contributed by atoms with E-state index in [1.54, 1.807) is 0 Å². The van der Waals surface area contributed by atoms with Gasteiger partial charge >= 0.3 is 5.97 Å². The highest BCUT2D eigenvalue weighted by atomic mass is 16.5. The first-order valence-corrected chi connectivity index (χ1v) is 5.92. The van der Waals surface area contributed by atoms with Gasteiger partial charge in [-0.3, -0.25) is 9.48 Å². The molecule has 5 heteroatoms. The second kappa shape index (κ2) is 7.06. The molecule has 5 nitrogen and oxygen atoms in total. The summed E-state index contributed by atoms with van der Waals surface area (Å²) in [5, 5.41) is 7.59. The van der Waals surface area contributed by atoms with E-state index in [4.69, 9.17) is 0 Å². The molecule has 17 heavy (non-hydrogen) atoms. The molecule has 0 spiro atoms. The Morgan fingerprint density at radius 3 is 2.82 bits per heavy atom. The Bertz CT molecular complexity index is 361. The smallest absolute Gasteiger partial charge is 0.306 e. The summed E-state index contributed by atoms with van der Waals surface area (Å²) in [7, 11) is 1.41. The number of aryl methyl sites for hydroxylation is 3. The van der Waals surface area contributed by atoms with Gasteiger partial charge in [-0.2, -0.15) is 5.10 Å². The van der Waals surface area contributed by atoms with Crippen LogP contribution in [0, 0.1) is 13.8 Å². The molecule has 0 aliphatic heterocycles. The Balaban J connectivity index is 2.08. The lowest BCUT2D eigenvalue weighted by Crippen LogP contribution is -2.21. The van der Waals surface area contributed by atoms with Crippen molar-refractivity contribution >= 4 is 5.97 Å². The van der Waals surface area contributed by atoms with Crippen molar-refractivity contribution in [1.82, 2.24) is 15.1 Å². The van der Waals surface area contributed by atoms with Gasteiger partial charge in [0.15, 0.2) is 0 Å². The third-order valence-corrected chi connectivity index (χ3v) is 2.56. The highest BCUT2D eigenvalue weighted by Gasteiger charge is 2.01. The fraction of sp³-hybridized carbons (Fsp3) is 0.667. The largest absolute Gasteiger partial charge is 0.469 e. The highest BCUT2D eigenvalue weighted by molar-refractivity contribution is 5.69. The van der Waals surface area contributed by atoms with Crippen LogP contribution >= 0.6 is 0 Å². The number of nitrogens with zero attached hydrogens (tertiary/aromatic N) is 2. The molecule has 1 heterocycles. The number of rotatable bonds is 7. The maximum Gasteiger partial charge on any atom is 0.306 e. The average molecular weight is 239 g/mol. The summed E-state index contributed by atoms with van der Waals surface area (Å²) in [6.45, 7) is 6.52. The topological polar surface area (TPSA) is 56.1 Å². The molecule has 0 fully saturated rings. The molecule has 1 N–H and O–H groups in total. The maximum atomic E-state index is 10.8. The van der Waals surface area contributed by atoms with Gasteiger partial charge in [-0.1, -0.05) is 0 Å². The van der Waals surface area contributed by atoms with Crippen molar-refractivity contribution in [2.75, 3.05) is 20.2 Å². The Morgan fingerprint density at radius 2 is 2.24 bits per heavy atom. The lowest BCUT2D eigenvalue weighted by molar-refractivity contribution is -0.140. The SMILES string of the molecule is COC(=O)CCNCCCn1nc(C)cc1C. The van der Waals surface area contributed by atoms with Crippen molar-refractivity contribution in [2.24, 2.45) is 0 Å². The molecular weight excluding hydrogens is 218 g/mol. The third kappa shape index (κ3) is 4.99. The molecule has 1 rings (SSSR count). The molecule has 0 amide bonds. The van der Waals surface area contributed by atoms with Crippen molar-refractivity contribution in [3.63, 3.8) is 0 Å². The Morgan fingerprint density at radius 1 is 1.47 bits per heavy atom. The quantitative estimate of drug-likeness (QED) is 0.570. The normalized spacial score (nSPS) is 10.5. The van der Waals surface area contributed by atoms with Gasteiger partial charge in [-0.15, -0.1) is 0 Å². The van der Waals surface area contributed by atoms with E-state index in [2.05, 4.69) is 28.1 Å². The van der Waals surface area contributed by atoms with Crippen LogP contribution in [0.2, 0.25) is 0 Å². The van der Waals surface area contributed by atoms with Crippen molar-refractivity contribution < 1.29 is 9.53 Å². The number of esters is 1. The fourth-order valence-corrected chi connectivity index (χ4v) is 1.67. The minimum Gasteiger partial charge on any atom is -0.469 e. The van der Waals surface area contributed by atoms with Crippen molar-refractivity contribution in [1.29, 1.82) is 0 Å². The standard InChI is InChI=1S/C12H21N3O2/c1-10-9-11(2)15(14-10)8-4-6-13-7-5-12(16)17-3/h9,13H,4-8H2,1-3H3. The molecule has 0 radical (unpaired) electrons. The summed E-state index contributed by atoms with van der Waals surface area (Å²) in [5.74, 6) is -0.170. The molecular formula is C12H21N3O2. The van der Waals surface area contributed by atoms with Gasteiger partial charge in [-0.05, 0) is 32.9 Å². The van der Waals surface area contributed by atoms with E-state index in [1.165, 1.54) is 12.8 Å². The maximum absolute atomic E-state index is 10.8. The summed E-state index contributed by atoms with van der Waals surface area (Å²) in [6.07, 6.45) is 1.43. The molecule has 0 atom stereocenters. The third-order valence-electron chi connectivity index (χ3n) is 2.56. The Hall–Kier alpha value is -1.36. The zero-order chi connectivity index (χ0) is 12.7. The molecule has 0 aromatic carbocycles. The Labute approximate surface area is 102 Å². The summed E-state index contributed by atoms with van der Waals surface area (Å²) < 4.78 is 6.56. The van der Waals surface area contributed by atoms with Crippen molar-refractivity contribution in [2.45, 2.75) is 33.2 Å². The zero-order valence-corrected chi connectivity index (χ0v) is 10.8. The molecule has 0 saturated heterocycles. The molecule has 96 valence electrons. The second-order valence-corrected chi connectivity index (χ2v) is 4.08. The minimum absolute atomic E-state index is 0.170. The molecule has 0 saturated carbocycles. The van der Waals surface area contributed by atoms with E-state index in [0.29, 0.717) is 13.0 Å². The highest BCUT2D eigenvalue weighted by Crippen LogP contribution is 2.02. The van der Waals surface area contributed by atoms with Crippen molar-refractivity contribution in [3.8, 4) is 0 Å². The molecule has 1 aromatic rings. The first-order valence-electron chi connectivity index (χ1n) is 5.92. The van der Waals surface area contributed by atoms with Gasteiger partial charge < -0.3 is 10.1 Å². The second-order valence-electron chi connectivity index (χ2n) is 4.08. The van der Waals surface area contributed by atoms with Gasteiger partial charge in [0, 0.05) is 18.8 Å². The van der Waals surface area contributed by atoms with Gasteiger partial charge in [0.2, 0.25) is 0 Å². The number of hydrogen-bond acceptors (Lipinski definition) is 4. The molecule has 0 unspecified atom stereocenters. The number of ether oxygens (including phenoxy) is 1. The number of carbonyl (C=O) groups is 1. The van der Waals surface area contributed by atoms with Crippen LogP contribution in [0.4, 0.5) is 0 Å². The van der Waals surface area contributed by atoms with E-state index in [9.17, 15) is 4.79 Å². The van der Waals surface area contributed by atoms with Gasteiger partial charge in [0.25, 0.3) is 0 Å². The van der Waals surface area contributed by atoms with E-state index >= 15 is 0 Å². The fourth-order valence-electron chi connectivity index (χ4n) is 1.67. The zero-order valence-electron chi connectivity index (χ0n) is 10.8. The van der Waals surface area contributed by atoms with Crippen molar-refractivity contribution in [3.05, 3.63) is 17.5 Å². The molecule has 0 aliphatic carbocycles. The molecule has 1 aromatic heterocycles. The van der Waals surface area contributed by atoms with Crippen LogP contribution in [-0.2, 0) is 16.1 Å². The van der Waals surface area contributed by atoms with E-state index in [-0.39, 0.29) is 5.97 Å². The monoisotopic (exact) mass is 239 g/mol. The van der Waals surface area contributed by atoms with Crippen LogP contribution in [0.3, 0.4) is 0 Å². The van der Waals surface area contributed by atoms with E-state index < -0.39 is 0 Å². The van der Waals surface area contributed by atoms with Gasteiger partial charge in [0.05, 0.1) is 19.2 Å². The molecule has 0 aliphatic rings. The lowest BCUT2D eigenvalue weighted by atomic mass is 10.3. The first kappa shape index (κ1) is 13.7. The number of aromatic nitrogens is 2. The number of carbonyl (C=O) groups excluding carboxylic acids is 1. The van der Waals surface area contributed by atoms with Crippen LogP contribution in [0.5, 0.6) is 0 Å². The summed E-state index contributed by atoms with van der Waals surface area (Å²) in [4.78, 5) is 10.8. The predicted octanol–water partition coefficient (Wildman–Crippen LogP) is 1.04. The van der Waals surface area contributed by atoms with Crippen LogP contribution in [0.15, 0.2) is 6.07 Å². The van der Waals surface area contributed by atoms with E-state index in [1.807, 2.05) is 11.6 Å². The summed E-state index contributed by atoms with van der Waals surface area (Å²) in [5.41, 5.74) is 2.25. The number of hydrogen-bond donors (Lipinski definition) is 1. The predicted molar refractivity (Wildman–Crippen MR) is 65.8 cm³/mol. The number of nitrogens with one attached hydrogen (secondary N) is 1. The first-order chi connectivity index (χ1) is 8.13. The Kier molecular flexibility index (Phi) is 5.69. The summed E-state index contributed by atoms with van der Waals surface area (Å²) >= 11 is 0. The lowest BCUT2D eigenvalue weighted by Gasteiger charge is -2.05.